The van der Waals surface area contributed by atoms with Crippen LogP contribution in [0.25, 0.3) is 0 Å². The average Bonchev–Trinajstić information content (AvgIpc) is 2.87. The van der Waals surface area contributed by atoms with Crippen LogP contribution in [0.15, 0.2) is 11.6 Å². The van der Waals surface area contributed by atoms with E-state index in [1.165, 1.54) is 0 Å². The highest BCUT2D eigenvalue weighted by Gasteiger charge is 2.97. The fraction of sp³-hybridized carbons (Fsp3) is 0.900. The Labute approximate surface area is 148 Å². The van der Waals surface area contributed by atoms with E-state index in [1.54, 1.807) is 0 Å². The highest BCUT2D eigenvalue weighted by atomic mass is 16.8. The minimum atomic E-state index is -1.12. The number of aliphatic hydroxyl groups is 2. The van der Waals surface area contributed by atoms with E-state index >= 15 is 0 Å². The second-order valence-electron chi connectivity index (χ2n) is 10.1. The van der Waals surface area contributed by atoms with Crippen molar-refractivity contribution in [2.45, 2.75) is 81.8 Å². The predicted molar refractivity (Wildman–Crippen MR) is 88.6 cm³/mol. The van der Waals surface area contributed by atoms with E-state index in [0.717, 1.165) is 19.3 Å². The third kappa shape index (κ3) is 1.22. The topological polar surface area (TPSA) is 68.2 Å². The van der Waals surface area contributed by atoms with Gasteiger partial charge in [0.15, 0.2) is 5.79 Å². The van der Waals surface area contributed by atoms with Gasteiger partial charge in [-0.15, -0.1) is 0 Å². The Balaban J connectivity index is 1.62. The summed E-state index contributed by atoms with van der Waals surface area (Å²) in [4.78, 5) is 0. The molecule has 2 saturated heterocycles. The van der Waals surface area contributed by atoms with Gasteiger partial charge in [-0.25, -0.2) is 0 Å². The van der Waals surface area contributed by atoms with Crippen molar-refractivity contribution in [1.29, 1.82) is 0 Å². The zero-order chi connectivity index (χ0) is 17.6. The van der Waals surface area contributed by atoms with Crippen molar-refractivity contribution in [3.63, 3.8) is 0 Å². The summed E-state index contributed by atoms with van der Waals surface area (Å²) in [6.45, 7) is 8.10. The molecule has 2 N–H and O–H groups in total. The average molecular weight is 348 g/mol. The van der Waals surface area contributed by atoms with Crippen LogP contribution in [0.1, 0.15) is 47.0 Å². The normalized spacial score (nSPS) is 61.4. The monoisotopic (exact) mass is 348 g/mol. The van der Waals surface area contributed by atoms with E-state index in [1.807, 2.05) is 19.9 Å². The van der Waals surface area contributed by atoms with Crippen molar-refractivity contribution in [1.82, 2.24) is 0 Å². The molecule has 5 fully saturated rings. The fourth-order valence-corrected chi connectivity index (χ4v) is 8.49. The summed E-state index contributed by atoms with van der Waals surface area (Å²) in [7, 11) is 0. The summed E-state index contributed by atoms with van der Waals surface area (Å²) in [5, 5.41) is 22.1. The largest absolute Gasteiger partial charge is 0.392 e. The van der Waals surface area contributed by atoms with Crippen molar-refractivity contribution < 1.29 is 24.4 Å². The molecule has 0 bridgehead atoms. The third-order valence-electron chi connectivity index (χ3n) is 8.58. The van der Waals surface area contributed by atoms with Crippen LogP contribution in [-0.4, -0.2) is 51.6 Å². The molecule has 25 heavy (non-hydrogen) atoms. The van der Waals surface area contributed by atoms with Gasteiger partial charge < -0.3 is 24.4 Å². The second kappa shape index (κ2) is 3.88. The highest BCUT2D eigenvalue weighted by molar-refractivity contribution is 5.53. The van der Waals surface area contributed by atoms with Gasteiger partial charge in [-0.2, -0.15) is 0 Å². The second-order valence-corrected chi connectivity index (χ2v) is 10.1. The summed E-state index contributed by atoms with van der Waals surface area (Å²) in [5.41, 5.74) is -1.45. The van der Waals surface area contributed by atoms with Crippen molar-refractivity contribution >= 4 is 0 Å². The number of aliphatic hydroxyl groups excluding tert-OH is 1. The molecule has 6 aliphatic rings. The predicted octanol–water partition coefficient (Wildman–Crippen LogP) is 1.76. The van der Waals surface area contributed by atoms with E-state index in [9.17, 15) is 10.2 Å². The SMILES string of the molecule is CC1(C)O[C@@H]2[C@]3(CCC[C@@H]4[C@@H]5[C@H]6[C@H](C=C(CO)[C@@]2(O)C643)OC5(C)C)O1. The first-order valence-electron chi connectivity index (χ1n) is 9.76. The highest BCUT2D eigenvalue weighted by Crippen LogP contribution is 2.87. The molecule has 0 aromatic heterocycles. The van der Waals surface area contributed by atoms with Crippen LogP contribution in [-0.2, 0) is 14.2 Å². The molecule has 0 radical (unpaired) electrons. The molecule has 2 spiro atoms. The minimum absolute atomic E-state index is 0.0399. The summed E-state index contributed by atoms with van der Waals surface area (Å²) in [5.74, 6) is 0.345. The Hall–Kier alpha value is -0.460. The molecule has 5 nitrogen and oxygen atoms in total. The molecule has 0 aromatic carbocycles. The van der Waals surface area contributed by atoms with Gasteiger partial charge in [0.1, 0.15) is 17.3 Å². The van der Waals surface area contributed by atoms with Gasteiger partial charge in [-0.05, 0) is 57.9 Å². The molecule has 3 saturated carbocycles. The molecule has 2 heterocycles. The van der Waals surface area contributed by atoms with Gasteiger partial charge in [0.25, 0.3) is 0 Å². The first kappa shape index (κ1) is 15.6. The number of hydrogen-bond donors (Lipinski definition) is 2. The lowest BCUT2D eigenvalue weighted by Gasteiger charge is -2.83. The lowest BCUT2D eigenvalue weighted by atomic mass is 9.22. The van der Waals surface area contributed by atoms with Gasteiger partial charge in [-0.1, -0.05) is 12.5 Å². The van der Waals surface area contributed by atoms with E-state index in [4.69, 9.17) is 14.2 Å². The van der Waals surface area contributed by atoms with Gasteiger partial charge in [0.2, 0.25) is 0 Å². The van der Waals surface area contributed by atoms with Crippen LogP contribution < -0.4 is 0 Å². The first-order valence-corrected chi connectivity index (χ1v) is 9.76. The van der Waals surface area contributed by atoms with Crippen LogP contribution in [0.2, 0.25) is 0 Å². The molecule has 4 aliphatic carbocycles. The van der Waals surface area contributed by atoms with Crippen LogP contribution in [0.4, 0.5) is 0 Å². The van der Waals surface area contributed by atoms with Crippen molar-refractivity contribution in [2.24, 2.45) is 23.2 Å². The molecule has 138 valence electrons. The van der Waals surface area contributed by atoms with Gasteiger partial charge >= 0.3 is 0 Å². The van der Waals surface area contributed by atoms with E-state index < -0.39 is 17.0 Å². The Kier molecular flexibility index (Phi) is 2.42. The molecule has 0 aromatic rings. The van der Waals surface area contributed by atoms with Crippen LogP contribution >= 0.6 is 0 Å². The van der Waals surface area contributed by atoms with Crippen LogP contribution in [0.3, 0.4) is 0 Å². The standard InChI is InChI=1S/C20H28O5/c1-16(2)13-11-6-5-7-18-15(24-17(3,4)25-18)20(22)10(9-21)8-12(23-16)14(13)19(11,18)20/h8,11-15,21-22H,5-7,9H2,1-4H3/t11-,12+,13-,14-,15-,18+,19?,20+/m1/s1. The smallest absolute Gasteiger partial charge is 0.164 e. The number of fused-ring (bicyclic) bond motifs is 2. The lowest BCUT2D eigenvalue weighted by Crippen LogP contribution is -2.95. The summed E-state index contributed by atoms with van der Waals surface area (Å²) in [6, 6.07) is 0. The Morgan fingerprint density at radius 1 is 1.16 bits per heavy atom. The summed E-state index contributed by atoms with van der Waals surface area (Å²) < 4.78 is 19.3. The lowest BCUT2D eigenvalue weighted by molar-refractivity contribution is -0.420. The molecule has 6 rings (SSSR count). The summed E-state index contributed by atoms with van der Waals surface area (Å²) >= 11 is 0. The first-order chi connectivity index (χ1) is 11.7. The Morgan fingerprint density at radius 2 is 1.92 bits per heavy atom. The molecule has 2 aliphatic heterocycles. The number of hydrogen-bond acceptors (Lipinski definition) is 5. The fourth-order valence-electron chi connectivity index (χ4n) is 8.49. The van der Waals surface area contributed by atoms with Crippen LogP contribution in [0.5, 0.6) is 0 Å². The maximum atomic E-state index is 12.0. The summed E-state index contributed by atoms with van der Waals surface area (Å²) in [6.07, 6.45) is 4.68. The zero-order valence-electron chi connectivity index (χ0n) is 15.4. The van der Waals surface area contributed by atoms with Crippen molar-refractivity contribution in [3.05, 3.63) is 11.6 Å². The number of ether oxygens (including phenoxy) is 3. The molecule has 1 unspecified atom stereocenters. The van der Waals surface area contributed by atoms with E-state index in [0.29, 0.717) is 17.4 Å². The van der Waals surface area contributed by atoms with Crippen LogP contribution in [0, 0.1) is 23.2 Å². The molecular formula is C20H28O5. The Bertz CT molecular complexity index is 713. The van der Waals surface area contributed by atoms with Gasteiger partial charge in [-0.3, -0.25) is 0 Å². The maximum absolute atomic E-state index is 12.0. The third-order valence-corrected chi connectivity index (χ3v) is 8.58. The maximum Gasteiger partial charge on any atom is 0.164 e. The molecule has 8 atom stereocenters. The van der Waals surface area contributed by atoms with Crippen molar-refractivity contribution in [2.75, 3.05) is 6.61 Å². The molecular weight excluding hydrogens is 320 g/mol. The zero-order valence-corrected chi connectivity index (χ0v) is 15.4. The quantitative estimate of drug-likeness (QED) is 0.707. The Morgan fingerprint density at radius 3 is 2.64 bits per heavy atom. The van der Waals surface area contributed by atoms with E-state index in [2.05, 4.69) is 13.8 Å². The van der Waals surface area contributed by atoms with E-state index in [-0.39, 0.29) is 35.7 Å². The number of rotatable bonds is 1. The van der Waals surface area contributed by atoms with Gasteiger partial charge in [0.05, 0.1) is 18.3 Å². The van der Waals surface area contributed by atoms with Crippen molar-refractivity contribution in [3.8, 4) is 0 Å². The minimum Gasteiger partial charge on any atom is -0.392 e. The van der Waals surface area contributed by atoms with Gasteiger partial charge in [0, 0.05) is 11.3 Å². The molecule has 0 amide bonds. The molecule has 5 heteroatoms.